The molecule has 1 unspecified atom stereocenters. The minimum absolute atomic E-state index is 0. The second-order valence-electron chi connectivity index (χ2n) is 8.64. The first-order valence-electron chi connectivity index (χ1n) is 9.77. The van der Waals surface area contributed by atoms with E-state index in [1.165, 1.54) is 0 Å². The van der Waals surface area contributed by atoms with Gasteiger partial charge in [0.2, 0.25) is 5.91 Å². The zero-order valence-electron chi connectivity index (χ0n) is 17.0. The van der Waals surface area contributed by atoms with E-state index in [1.807, 2.05) is 6.92 Å². The standard InChI is InChI=1S/C19H34N4O3.ClH/c1-5-18(3,4)14-6-9-19(10-7-14)16(25)23(17(26)22-19)12-15(24)21-11-8-13(2)20;/h13-14H,5-12,20H2,1-4H3,(H,21,24)(H,22,26);1H. The lowest BCUT2D eigenvalue weighted by atomic mass is 9.65. The number of carbonyl (C=O) groups is 3. The molecule has 0 bridgehead atoms. The van der Waals surface area contributed by atoms with Crippen LogP contribution in [0.2, 0.25) is 0 Å². The van der Waals surface area contributed by atoms with Gasteiger partial charge in [-0.25, -0.2) is 4.79 Å². The smallest absolute Gasteiger partial charge is 0.325 e. The summed E-state index contributed by atoms with van der Waals surface area (Å²) in [7, 11) is 0. The Hall–Kier alpha value is -1.34. The molecule has 1 aliphatic carbocycles. The SMILES string of the molecule is CCC(C)(C)C1CCC2(CC1)NC(=O)N(CC(=O)NCCC(C)N)C2=O.Cl. The van der Waals surface area contributed by atoms with Crippen molar-refractivity contribution in [1.82, 2.24) is 15.5 Å². The highest BCUT2D eigenvalue weighted by Crippen LogP contribution is 2.45. The third-order valence-corrected chi connectivity index (χ3v) is 6.33. The van der Waals surface area contributed by atoms with Crippen molar-refractivity contribution in [2.75, 3.05) is 13.1 Å². The maximum atomic E-state index is 12.9. The van der Waals surface area contributed by atoms with E-state index in [-0.39, 0.29) is 42.2 Å². The first-order chi connectivity index (χ1) is 12.1. The summed E-state index contributed by atoms with van der Waals surface area (Å²) >= 11 is 0. The summed E-state index contributed by atoms with van der Waals surface area (Å²) in [5.74, 6) is -0.0250. The third-order valence-electron chi connectivity index (χ3n) is 6.33. The molecule has 1 aliphatic heterocycles. The van der Waals surface area contributed by atoms with Gasteiger partial charge in [0.05, 0.1) is 0 Å². The highest BCUT2D eigenvalue weighted by atomic mass is 35.5. The monoisotopic (exact) mass is 402 g/mol. The number of amides is 4. The Bertz CT molecular complexity index is 557. The molecule has 156 valence electrons. The molecule has 1 saturated heterocycles. The van der Waals surface area contributed by atoms with E-state index in [9.17, 15) is 14.4 Å². The fourth-order valence-corrected chi connectivity index (χ4v) is 3.98. The van der Waals surface area contributed by atoms with Crippen LogP contribution in [0.25, 0.3) is 0 Å². The number of urea groups is 1. The molecular weight excluding hydrogens is 368 g/mol. The lowest BCUT2D eigenvalue weighted by Crippen LogP contribution is -2.51. The minimum atomic E-state index is -0.816. The van der Waals surface area contributed by atoms with Crippen LogP contribution < -0.4 is 16.4 Å². The van der Waals surface area contributed by atoms with Crippen molar-refractivity contribution >= 4 is 30.3 Å². The minimum Gasteiger partial charge on any atom is -0.354 e. The number of rotatable bonds is 7. The van der Waals surface area contributed by atoms with E-state index >= 15 is 0 Å². The molecule has 2 rings (SSSR count). The topological polar surface area (TPSA) is 105 Å². The van der Waals surface area contributed by atoms with Gasteiger partial charge in [0.25, 0.3) is 5.91 Å². The summed E-state index contributed by atoms with van der Waals surface area (Å²) in [6, 6.07) is -0.455. The Kier molecular flexibility index (Phi) is 8.11. The van der Waals surface area contributed by atoms with Gasteiger partial charge in [0.15, 0.2) is 0 Å². The van der Waals surface area contributed by atoms with Crippen LogP contribution in [0.15, 0.2) is 0 Å². The summed E-state index contributed by atoms with van der Waals surface area (Å²) in [6.45, 7) is 8.81. The average molecular weight is 403 g/mol. The van der Waals surface area contributed by atoms with Crippen LogP contribution in [0.4, 0.5) is 4.79 Å². The molecule has 4 N–H and O–H groups in total. The van der Waals surface area contributed by atoms with E-state index in [1.54, 1.807) is 0 Å². The van der Waals surface area contributed by atoms with Gasteiger partial charge in [-0.05, 0) is 50.4 Å². The Morgan fingerprint density at radius 1 is 1.37 bits per heavy atom. The van der Waals surface area contributed by atoms with E-state index in [0.717, 1.165) is 24.2 Å². The van der Waals surface area contributed by atoms with Gasteiger partial charge < -0.3 is 16.4 Å². The van der Waals surface area contributed by atoms with Crippen LogP contribution >= 0.6 is 12.4 Å². The number of halogens is 1. The molecule has 2 aliphatic rings. The van der Waals surface area contributed by atoms with Crippen molar-refractivity contribution in [3.05, 3.63) is 0 Å². The first kappa shape index (κ1) is 23.7. The third kappa shape index (κ3) is 5.35. The van der Waals surface area contributed by atoms with Crippen LogP contribution in [-0.2, 0) is 9.59 Å². The van der Waals surface area contributed by atoms with Crippen molar-refractivity contribution < 1.29 is 14.4 Å². The predicted octanol–water partition coefficient (Wildman–Crippen LogP) is 2.18. The molecule has 8 heteroatoms. The molecule has 4 amide bonds. The van der Waals surface area contributed by atoms with Gasteiger partial charge in [-0.15, -0.1) is 12.4 Å². The lowest BCUT2D eigenvalue weighted by molar-refractivity contribution is -0.136. The number of nitrogens with one attached hydrogen (secondary N) is 2. The fraction of sp³-hybridized carbons (Fsp3) is 0.842. The molecule has 2 fully saturated rings. The highest BCUT2D eigenvalue weighted by molar-refractivity contribution is 6.09. The highest BCUT2D eigenvalue weighted by Gasteiger charge is 2.53. The van der Waals surface area contributed by atoms with E-state index in [0.29, 0.717) is 31.7 Å². The van der Waals surface area contributed by atoms with Gasteiger partial charge in [0, 0.05) is 12.6 Å². The average Bonchev–Trinajstić information content (AvgIpc) is 2.79. The zero-order chi connectivity index (χ0) is 19.5. The molecule has 0 aromatic heterocycles. The molecule has 27 heavy (non-hydrogen) atoms. The predicted molar refractivity (Wildman–Crippen MR) is 108 cm³/mol. The largest absolute Gasteiger partial charge is 0.354 e. The van der Waals surface area contributed by atoms with E-state index < -0.39 is 11.6 Å². The maximum absolute atomic E-state index is 12.9. The molecule has 0 aromatic rings. The number of hydrogen-bond acceptors (Lipinski definition) is 4. The van der Waals surface area contributed by atoms with Gasteiger partial charge in [-0.2, -0.15) is 0 Å². The summed E-state index contributed by atoms with van der Waals surface area (Å²) in [5, 5.41) is 5.59. The van der Waals surface area contributed by atoms with Crippen LogP contribution in [0, 0.1) is 11.3 Å². The maximum Gasteiger partial charge on any atom is 0.325 e. The zero-order valence-corrected chi connectivity index (χ0v) is 17.8. The van der Waals surface area contributed by atoms with Crippen molar-refractivity contribution in [3.63, 3.8) is 0 Å². The summed E-state index contributed by atoms with van der Waals surface area (Å²) in [5.41, 5.74) is 5.08. The van der Waals surface area contributed by atoms with Gasteiger partial charge in [-0.3, -0.25) is 14.5 Å². The molecule has 7 nitrogen and oxygen atoms in total. The molecule has 1 saturated carbocycles. The molecule has 1 heterocycles. The van der Waals surface area contributed by atoms with Crippen molar-refractivity contribution in [1.29, 1.82) is 0 Å². The number of carbonyl (C=O) groups excluding carboxylic acids is 3. The lowest BCUT2D eigenvalue weighted by Gasteiger charge is -2.42. The van der Waals surface area contributed by atoms with Gasteiger partial charge in [-0.1, -0.05) is 27.2 Å². The normalized spacial score (nSPS) is 26.6. The number of nitrogens with two attached hydrogens (primary N) is 1. The Labute approximate surface area is 168 Å². The Balaban J connectivity index is 0.00000364. The van der Waals surface area contributed by atoms with Crippen LogP contribution in [0.1, 0.15) is 66.2 Å². The van der Waals surface area contributed by atoms with Crippen LogP contribution in [-0.4, -0.2) is 47.4 Å². The second kappa shape index (κ2) is 9.24. The van der Waals surface area contributed by atoms with Crippen LogP contribution in [0.5, 0.6) is 0 Å². The quantitative estimate of drug-likeness (QED) is 0.567. The summed E-state index contributed by atoms with van der Waals surface area (Å²) in [6.07, 6.45) is 4.88. The Morgan fingerprint density at radius 3 is 2.48 bits per heavy atom. The van der Waals surface area contributed by atoms with Gasteiger partial charge >= 0.3 is 6.03 Å². The van der Waals surface area contributed by atoms with E-state index in [2.05, 4.69) is 31.4 Å². The number of hydrogen-bond donors (Lipinski definition) is 3. The summed E-state index contributed by atoms with van der Waals surface area (Å²) in [4.78, 5) is 38.3. The first-order valence-corrected chi connectivity index (χ1v) is 9.77. The van der Waals surface area contributed by atoms with E-state index in [4.69, 9.17) is 5.73 Å². The van der Waals surface area contributed by atoms with Crippen molar-refractivity contribution in [2.24, 2.45) is 17.1 Å². The molecular formula is C19H35ClN4O3. The van der Waals surface area contributed by atoms with Crippen molar-refractivity contribution in [2.45, 2.75) is 77.8 Å². The molecule has 1 atom stereocenters. The van der Waals surface area contributed by atoms with Gasteiger partial charge in [0.1, 0.15) is 12.1 Å². The molecule has 0 radical (unpaired) electrons. The Morgan fingerprint density at radius 2 is 1.96 bits per heavy atom. The number of imide groups is 1. The summed E-state index contributed by atoms with van der Waals surface area (Å²) < 4.78 is 0. The molecule has 0 aromatic carbocycles. The fourth-order valence-electron chi connectivity index (χ4n) is 3.98. The number of nitrogens with zero attached hydrogens (tertiary/aromatic N) is 1. The molecule has 1 spiro atoms. The van der Waals surface area contributed by atoms with Crippen LogP contribution in [0.3, 0.4) is 0 Å². The second-order valence-corrected chi connectivity index (χ2v) is 8.64. The van der Waals surface area contributed by atoms with Crippen molar-refractivity contribution in [3.8, 4) is 0 Å².